The molecular formula is C15H11F3O3. The van der Waals surface area contributed by atoms with Gasteiger partial charge in [0.1, 0.15) is 5.76 Å². The van der Waals surface area contributed by atoms with Crippen LogP contribution in [0, 0.1) is 0 Å². The van der Waals surface area contributed by atoms with Gasteiger partial charge in [0.2, 0.25) is 5.60 Å². The summed E-state index contributed by atoms with van der Waals surface area (Å²) in [5.74, 6) is -2.04. The summed E-state index contributed by atoms with van der Waals surface area (Å²) in [7, 11) is 0. The van der Waals surface area contributed by atoms with Crippen LogP contribution in [0.3, 0.4) is 0 Å². The third-order valence-corrected chi connectivity index (χ3v) is 3.65. The highest BCUT2D eigenvalue weighted by molar-refractivity contribution is 5.75. The van der Waals surface area contributed by atoms with Gasteiger partial charge in [-0.1, -0.05) is 30.3 Å². The fourth-order valence-corrected chi connectivity index (χ4v) is 2.76. The first-order valence-electron chi connectivity index (χ1n) is 6.32. The molecule has 1 aliphatic rings. The minimum Gasteiger partial charge on any atom is -0.469 e. The highest BCUT2D eigenvalue weighted by atomic mass is 19.4. The second-order valence-corrected chi connectivity index (χ2v) is 4.85. The summed E-state index contributed by atoms with van der Waals surface area (Å²) in [5, 5.41) is 0. The smallest absolute Gasteiger partial charge is 0.433 e. The average molecular weight is 296 g/mol. The summed E-state index contributed by atoms with van der Waals surface area (Å²) < 4.78 is 51.3. The summed E-state index contributed by atoms with van der Waals surface area (Å²) in [6.45, 7) is 0. The Bertz CT molecular complexity index is 634. The number of furan rings is 1. The van der Waals surface area contributed by atoms with E-state index in [0.29, 0.717) is 0 Å². The Labute approximate surface area is 118 Å². The number of alkyl halides is 3. The predicted octanol–water partition coefficient (Wildman–Crippen LogP) is 3.77. The third-order valence-electron chi connectivity index (χ3n) is 3.65. The lowest BCUT2D eigenvalue weighted by Crippen LogP contribution is -2.46. The van der Waals surface area contributed by atoms with Gasteiger partial charge in [0.15, 0.2) is 0 Å². The summed E-state index contributed by atoms with van der Waals surface area (Å²) in [6.07, 6.45) is -3.84. The molecule has 0 amide bonds. The molecule has 110 valence electrons. The van der Waals surface area contributed by atoms with Crippen LogP contribution in [0.25, 0.3) is 0 Å². The average Bonchev–Trinajstić information content (AvgIpc) is 3.06. The van der Waals surface area contributed by atoms with Gasteiger partial charge in [-0.3, -0.25) is 4.79 Å². The number of carbonyl (C=O) groups is 1. The molecule has 6 heteroatoms. The van der Waals surface area contributed by atoms with E-state index in [1.165, 1.54) is 42.7 Å². The molecule has 0 N–H and O–H groups in total. The van der Waals surface area contributed by atoms with E-state index in [-0.39, 0.29) is 17.7 Å². The van der Waals surface area contributed by atoms with Gasteiger partial charge < -0.3 is 9.15 Å². The third kappa shape index (κ3) is 2.02. The lowest BCUT2D eigenvalue weighted by Gasteiger charge is -2.34. The molecular weight excluding hydrogens is 285 g/mol. The summed E-state index contributed by atoms with van der Waals surface area (Å²) in [6, 6.07) is 10.1. The Morgan fingerprint density at radius 2 is 1.81 bits per heavy atom. The maximum absolute atomic E-state index is 13.8. The summed E-state index contributed by atoms with van der Waals surface area (Å²) >= 11 is 0. The zero-order valence-electron chi connectivity index (χ0n) is 10.8. The molecule has 2 atom stereocenters. The molecule has 3 nitrogen and oxygen atoms in total. The first kappa shape index (κ1) is 13.7. The molecule has 1 saturated heterocycles. The zero-order chi connectivity index (χ0) is 15.1. The molecule has 2 aromatic rings. The van der Waals surface area contributed by atoms with Crippen molar-refractivity contribution in [2.24, 2.45) is 0 Å². The molecule has 0 saturated carbocycles. The SMILES string of the molecule is O=C1C[C@@H](c2ccco2)[C@](c2ccccc2)(C(F)(F)F)O1. The van der Waals surface area contributed by atoms with Crippen molar-refractivity contribution in [1.29, 1.82) is 0 Å². The van der Waals surface area contributed by atoms with E-state index in [9.17, 15) is 18.0 Å². The predicted molar refractivity (Wildman–Crippen MR) is 66.3 cm³/mol. The minimum atomic E-state index is -4.75. The van der Waals surface area contributed by atoms with Crippen molar-refractivity contribution in [3.05, 3.63) is 60.1 Å². The van der Waals surface area contributed by atoms with Gasteiger partial charge in [-0.25, -0.2) is 0 Å². The van der Waals surface area contributed by atoms with Gasteiger partial charge in [-0.2, -0.15) is 13.2 Å². The molecule has 0 unspecified atom stereocenters. The lowest BCUT2D eigenvalue weighted by molar-refractivity contribution is -0.270. The molecule has 21 heavy (non-hydrogen) atoms. The van der Waals surface area contributed by atoms with Crippen molar-refractivity contribution in [2.75, 3.05) is 0 Å². The molecule has 0 bridgehead atoms. The molecule has 0 spiro atoms. The molecule has 1 aromatic carbocycles. The molecule has 1 fully saturated rings. The molecule has 1 aliphatic heterocycles. The Balaban J connectivity index is 2.21. The number of benzene rings is 1. The Kier molecular flexibility index (Phi) is 3.04. The van der Waals surface area contributed by atoms with Crippen molar-refractivity contribution < 1.29 is 27.1 Å². The standard InChI is InChI=1S/C15H11F3O3/c16-15(17,18)14(10-5-2-1-3-6-10)11(9-13(19)21-14)12-7-4-8-20-12/h1-8,11H,9H2/t11-,14+/m0/s1. The van der Waals surface area contributed by atoms with Gasteiger partial charge in [-0.15, -0.1) is 0 Å². The van der Waals surface area contributed by atoms with Gasteiger partial charge in [0, 0.05) is 5.56 Å². The fraction of sp³-hybridized carbons (Fsp3) is 0.267. The topological polar surface area (TPSA) is 39.4 Å². The van der Waals surface area contributed by atoms with E-state index in [0.717, 1.165) is 0 Å². The minimum absolute atomic E-state index is 0.0852. The van der Waals surface area contributed by atoms with E-state index in [4.69, 9.17) is 9.15 Å². The van der Waals surface area contributed by atoms with Gasteiger partial charge in [0.25, 0.3) is 0 Å². The van der Waals surface area contributed by atoms with Crippen molar-refractivity contribution in [3.8, 4) is 0 Å². The Morgan fingerprint density at radius 3 is 2.38 bits per heavy atom. The second-order valence-electron chi connectivity index (χ2n) is 4.85. The molecule has 0 radical (unpaired) electrons. The van der Waals surface area contributed by atoms with Crippen LogP contribution < -0.4 is 0 Å². The van der Waals surface area contributed by atoms with Crippen LogP contribution in [0.1, 0.15) is 23.7 Å². The normalized spacial score (nSPS) is 25.9. The highest BCUT2D eigenvalue weighted by Gasteiger charge is 2.68. The van der Waals surface area contributed by atoms with Gasteiger partial charge >= 0.3 is 12.1 Å². The second kappa shape index (κ2) is 4.65. The maximum Gasteiger partial charge on any atom is 0.433 e. The number of hydrogen-bond acceptors (Lipinski definition) is 3. The van der Waals surface area contributed by atoms with Crippen molar-refractivity contribution in [1.82, 2.24) is 0 Å². The lowest BCUT2D eigenvalue weighted by atomic mass is 9.79. The molecule has 3 rings (SSSR count). The summed E-state index contributed by atoms with van der Waals surface area (Å²) in [4.78, 5) is 11.6. The number of hydrogen-bond donors (Lipinski definition) is 0. The van der Waals surface area contributed by atoms with Crippen LogP contribution in [0.5, 0.6) is 0 Å². The largest absolute Gasteiger partial charge is 0.469 e. The van der Waals surface area contributed by atoms with Gasteiger partial charge in [-0.05, 0) is 12.1 Å². The van der Waals surface area contributed by atoms with Crippen LogP contribution >= 0.6 is 0 Å². The van der Waals surface area contributed by atoms with E-state index in [2.05, 4.69) is 0 Å². The van der Waals surface area contributed by atoms with Gasteiger partial charge in [0.05, 0.1) is 18.6 Å². The Morgan fingerprint density at radius 1 is 1.10 bits per heavy atom. The van der Waals surface area contributed by atoms with Crippen LogP contribution in [-0.2, 0) is 15.1 Å². The quantitative estimate of drug-likeness (QED) is 0.792. The summed E-state index contributed by atoms with van der Waals surface area (Å²) in [5.41, 5.74) is -2.81. The zero-order valence-corrected chi connectivity index (χ0v) is 10.8. The van der Waals surface area contributed by atoms with Crippen LogP contribution in [0.4, 0.5) is 13.2 Å². The number of halogens is 3. The molecule has 0 aliphatic carbocycles. The Hall–Kier alpha value is -2.24. The van der Waals surface area contributed by atoms with E-state index in [1.54, 1.807) is 6.07 Å². The number of carbonyl (C=O) groups excluding carboxylic acids is 1. The first-order valence-corrected chi connectivity index (χ1v) is 6.32. The fourth-order valence-electron chi connectivity index (χ4n) is 2.76. The number of ether oxygens (including phenoxy) is 1. The van der Waals surface area contributed by atoms with Crippen molar-refractivity contribution in [3.63, 3.8) is 0 Å². The van der Waals surface area contributed by atoms with Crippen molar-refractivity contribution >= 4 is 5.97 Å². The van der Waals surface area contributed by atoms with Crippen LogP contribution in [-0.4, -0.2) is 12.1 Å². The van der Waals surface area contributed by atoms with Crippen molar-refractivity contribution in [2.45, 2.75) is 24.1 Å². The van der Waals surface area contributed by atoms with E-state index in [1.807, 2.05) is 0 Å². The molecule has 2 heterocycles. The first-order chi connectivity index (χ1) is 9.95. The number of rotatable bonds is 2. The van der Waals surface area contributed by atoms with E-state index < -0.39 is 23.7 Å². The monoisotopic (exact) mass is 296 g/mol. The molecule has 1 aromatic heterocycles. The maximum atomic E-state index is 13.8. The van der Waals surface area contributed by atoms with Crippen LogP contribution in [0.15, 0.2) is 53.1 Å². The highest BCUT2D eigenvalue weighted by Crippen LogP contribution is 2.56. The number of cyclic esters (lactones) is 1. The van der Waals surface area contributed by atoms with E-state index >= 15 is 0 Å². The van der Waals surface area contributed by atoms with Crippen LogP contribution in [0.2, 0.25) is 0 Å². The number of esters is 1.